The lowest BCUT2D eigenvalue weighted by atomic mass is 9.83. The van der Waals surface area contributed by atoms with E-state index in [9.17, 15) is 4.39 Å². The van der Waals surface area contributed by atoms with Gasteiger partial charge in [0.15, 0.2) is 11.6 Å². The number of anilines is 1. The predicted molar refractivity (Wildman–Crippen MR) is 81.4 cm³/mol. The van der Waals surface area contributed by atoms with E-state index < -0.39 is 0 Å². The highest BCUT2D eigenvalue weighted by atomic mass is 19.1. The smallest absolute Gasteiger partial charge is 0.170 e. The highest BCUT2D eigenvalue weighted by Gasteiger charge is 2.27. The molecule has 0 unspecified atom stereocenters. The largest absolute Gasteiger partial charge is 0.354 e. The number of nitrogens with one attached hydrogen (secondary N) is 1. The Morgan fingerprint density at radius 2 is 2.00 bits per heavy atom. The molecule has 2 rings (SSSR count). The fraction of sp³-hybridized carbons (Fsp3) is 0.688. The molecule has 0 bridgehead atoms. The first-order valence-corrected chi connectivity index (χ1v) is 7.51. The van der Waals surface area contributed by atoms with Gasteiger partial charge in [-0.1, -0.05) is 27.7 Å². The van der Waals surface area contributed by atoms with Crippen molar-refractivity contribution in [2.45, 2.75) is 53.1 Å². The molecule has 0 amide bonds. The van der Waals surface area contributed by atoms with Crippen molar-refractivity contribution in [3.05, 3.63) is 23.6 Å². The Morgan fingerprint density at radius 3 is 2.60 bits per heavy atom. The van der Waals surface area contributed by atoms with E-state index in [0.29, 0.717) is 29.4 Å². The minimum absolute atomic E-state index is 0.166. The standard InChI is InChI=1S/C16H26FN3/c1-12(2)19-11-13-5-8-18-15(14(13)17)20-9-6-16(3,4)7-10-20/h5,8,12,19H,6-7,9-11H2,1-4H3. The third kappa shape index (κ3) is 3.69. The van der Waals surface area contributed by atoms with Crippen LogP contribution in [0, 0.1) is 11.2 Å². The number of halogens is 1. The summed E-state index contributed by atoms with van der Waals surface area (Å²) in [6.07, 6.45) is 3.89. The monoisotopic (exact) mass is 279 g/mol. The van der Waals surface area contributed by atoms with Crippen molar-refractivity contribution in [3.8, 4) is 0 Å². The van der Waals surface area contributed by atoms with Crippen LogP contribution in [0.5, 0.6) is 0 Å². The van der Waals surface area contributed by atoms with Crippen LogP contribution in [0.1, 0.15) is 46.1 Å². The Morgan fingerprint density at radius 1 is 1.35 bits per heavy atom. The molecule has 0 saturated carbocycles. The fourth-order valence-corrected chi connectivity index (χ4v) is 2.47. The van der Waals surface area contributed by atoms with Crippen molar-refractivity contribution in [2.24, 2.45) is 5.41 Å². The molecule has 0 radical (unpaired) electrons. The number of pyridine rings is 1. The quantitative estimate of drug-likeness (QED) is 0.916. The highest BCUT2D eigenvalue weighted by Crippen LogP contribution is 2.32. The lowest BCUT2D eigenvalue weighted by molar-refractivity contribution is 0.278. The van der Waals surface area contributed by atoms with Gasteiger partial charge in [0.25, 0.3) is 0 Å². The molecule has 1 aliphatic rings. The molecule has 20 heavy (non-hydrogen) atoms. The molecule has 1 N–H and O–H groups in total. The van der Waals surface area contributed by atoms with Gasteiger partial charge in [-0.15, -0.1) is 0 Å². The summed E-state index contributed by atoms with van der Waals surface area (Å²) in [6, 6.07) is 2.11. The van der Waals surface area contributed by atoms with Crippen molar-refractivity contribution in [3.63, 3.8) is 0 Å². The van der Waals surface area contributed by atoms with Crippen LogP contribution in [0.3, 0.4) is 0 Å². The molecule has 0 aliphatic carbocycles. The topological polar surface area (TPSA) is 28.2 Å². The van der Waals surface area contributed by atoms with Crippen LogP contribution in [-0.2, 0) is 6.54 Å². The number of piperidine rings is 1. The van der Waals surface area contributed by atoms with Crippen molar-refractivity contribution in [1.82, 2.24) is 10.3 Å². The third-order valence-electron chi connectivity index (χ3n) is 4.07. The number of hydrogen-bond acceptors (Lipinski definition) is 3. The summed E-state index contributed by atoms with van der Waals surface area (Å²) in [5, 5.41) is 3.26. The molecule has 1 saturated heterocycles. The van der Waals surface area contributed by atoms with Gasteiger partial charge >= 0.3 is 0 Å². The maximum Gasteiger partial charge on any atom is 0.170 e. The number of hydrogen-bond donors (Lipinski definition) is 1. The molecule has 1 fully saturated rings. The Balaban J connectivity index is 2.10. The molecule has 2 heterocycles. The van der Waals surface area contributed by atoms with E-state index in [1.807, 2.05) is 0 Å². The zero-order chi connectivity index (χ0) is 14.8. The number of nitrogens with zero attached hydrogens (tertiary/aromatic N) is 2. The summed E-state index contributed by atoms with van der Waals surface area (Å²) in [7, 11) is 0. The summed E-state index contributed by atoms with van der Waals surface area (Å²) in [4.78, 5) is 6.34. The first-order valence-electron chi connectivity index (χ1n) is 7.51. The molecular weight excluding hydrogens is 253 g/mol. The Labute approximate surface area is 121 Å². The normalized spacial score (nSPS) is 18.6. The second kappa shape index (κ2) is 6.08. The van der Waals surface area contributed by atoms with Crippen LogP contribution >= 0.6 is 0 Å². The maximum atomic E-state index is 14.6. The van der Waals surface area contributed by atoms with E-state index in [1.165, 1.54) is 0 Å². The first kappa shape index (κ1) is 15.2. The van der Waals surface area contributed by atoms with Crippen molar-refractivity contribution in [1.29, 1.82) is 0 Å². The zero-order valence-electron chi connectivity index (χ0n) is 13.0. The van der Waals surface area contributed by atoms with Gasteiger partial charge in [0.2, 0.25) is 0 Å². The van der Waals surface area contributed by atoms with E-state index in [4.69, 9.17) is 0 Å². The minimum Gasteiger partial charge on any atom is -0.354 e. The minimum atomic E-state index is -0.166. The van der Waals surface area contributed by atoms with Crippen molar-refractivity contribution >= 4 is 5.82 Å². The van der Waals surface area contributed by atoms with Gasteiger partial charge in [0.1, 0.15) is 0 Å². The first-order chi connectivity index (χ1) is 9.39. The van der Waals surface area contributed by atoms with Crippen LogP contribution in [0.2, 0.25) is 0 Å². The van der Waals surface area contributed by atoms with Crippen molar-refractivity contribution in [2.75, 3.05) is 18.0 Å². The second-order valence-electron chi connectivity index (χ2n) is 6.79. The van der Waals surface area contributed by atoms with Crippen LogP contribution < -0.4 is 10.2 Å². The second-order valence-corrected chi connectivity index (χ2v) is 6.79. The molecular formula is C16H26FN3. The number of rotatable bonds is 4. The van der Waals surface area contributed by atoms with Crippen LogP contribution in [0.25, 0.3) is 0 Å². The van der Waals surface area contributed by atoms with Gasteiger partial charge in [-0.3, -0.25) is 0 Å². The van der Waals surface area contributed by atoms with E-state index in [2.05, 4.69) is 42.9 Å². The van der Waals surface area contributed by atoms with Gasteiger partial charge in [-0.05, 0) is 24.3 Å². The molecule has 3 nitrogen and oxygen atoms in total. The fourth-order valence-electron chi connectivity index (χ4n) is 2.47. The van der Waals surface area contributed by atoms with E-state index >= 15 is 0 Å². The van der Waals surface area contributed by atoms with Gasteiger partial charge in [0.05, 0.1) is 0 Å². The van der Waals surface area contributed by atoms with Gasteiger partial charge < -0.3 is 10.2 Å². The summed E-state index contributed by atoms with van der Waals surface area (Å²) in [5.74, 6) is 0.351. The van der Waals surface area contributed by atoms with Gasteiger partial charge in [-0.25, -0.2) is 9.37 Å². The molecule has 1 aromatic rings. The molecule has 1 aromatic heterocycles. The van der Waals surface area contributed by atoms with Crippen LogP contribution in [-0.4, -0.2) is 24.1 Å². The summed E-state index contributed by atoms with van der Waals surface area (Å²) >= 11 is 0. The van der Waals surface area contributed by atoms with Crippen LogP contribution in [0.15, 0.2) is 12.3 Å². The Kier molecular flexibility index (Phi) is 4.63. The van der Waals surface area contributed by atoms with E-state index in [0.717, 1.165) is 25.9 Å². The Bertz CT molecular complexity index is 447. The summed E-state index contributed by atoms with van der Waals surface area (Å²) < 4.78 is 14.6. The highest BCUT2D eigenvalue weighted by molar-refractivity contribution is 5.43. The third-order valence-corrected chi connectivity index (χ3v) is 4.07. The Hall–Kier alpha value is -1.16. The predicted octanol–water partition coefficient (Wildman–Crippen LogP) is 3.35. The average Bonchev–Trinajstić information content (AvgIpc) is 2.38. The molecule has 0 aromatic carbocycles. The lowest BCUT2D eigenvalue weighted by Crippen LogP contribution is -2.38. The van der Waals surface area contributed by atoms with Crippen LogP contribution in [0.4, 0.5) is 10.2 Å². The molecule has 0 spiro atoms. The maximum absolute atomic E-state index is 14.6. The van der Waals surface area contributed by atoms with Gasteiger partial charge in [-0.2, -0.15) is 0 Å². The SMILES string of the molecule is CC(C)NCc1ccnc(N2CCC(C)(C)CC2)c1F. The molecule has 0 atom stereocenters. The van der Waals surface area contributed by atoms with Gasteiger partial charge in [0, 0.05) is 37.4 Å². The molecule has 4 heteroatoms. The summed E-state index contributed by atoms with van der Waals surface area (Å²) in [6.45, 7) is 11.0. The van der Waals surface area contributed by atoms with E-state index in [1.54, 1.807) is 12.3 Å². The van der Waals surface area contributed by atoms with Crippen molar-refractivity contribution < 1.29 is 4.39 Å². The average molecular weight is 279 g/mol. The zero-order valence-corrected chi connectivity index (χ0v) is 13.0. The lowest BCUT2D eigenvalue weighted by Gasteiger charge is -2.37. The molecule has 1 aliphatic heterocycles. The number of aromatic nitrogens is 1. The molecule has 112 valence electrons. The van der Waals surface area contributed by atoms with E-state index in [-0.39, 0.29) is 5.82 Å². The summed E-state index contributed by atoms with van der Waals surface area (Å²) in [5.41, 5.74) is 1.07.